The number of carbonyl (C=O) groups is 1. The summed E-state index contributed by atoms with van der Waals surface area (Å²) in [6.45, 7) is 0. The predicted molar refractivity (Wildman–Crippen MR) is 63.0 cm³/mol. The fraction of sp³-hybridized carbons (Fsp3) is 0.222. The van der Waals surface area contributed by atoms with Crippen molar-refractivity contribution in [3.05, 3.63) is 27.9 Å². The summed E-state index contributed by atoms with van der Waals surface area (Å²) in [4.78, 5) is 25.8. The van der Waals surface area contributed by atoms with Gasteiger partial charge in [0, 0.05) is 6.07 Å². The number of hydrogen-bond donors (Lipinski definition) is 2. The number of ether oxygens (including phenoxy) is 1. The van der Waals surface area contributed by atoms with Crippen molar-refractivity contribution in [2.45, 2.75) is 0 Å². The first-order valence-corrected chi connectivity index (χ1v) is 5.10. The number of hydrogen-bond acceptors (Lipinski definition) is 6. The Bertz CT molecular complexity index is 630. The fourth-order valence-electron chi connectivity index (χ4n) is 1.48. The van der Waals surface area contributed by atoms with Crippen molar-refractivity contribution in [1.82, 2.24) is 19.7 Å². The SMILES string of the molecule is COc1n[nH]c(NC(=O)c2ccc([N+](=O)[O-])n2C)n1. The molecule has 2 aromatic rings. The first-order chi connectivity index (χ1) is 9.02. The van der Waals surface area contributed by atoms with Gasteiger partial charge < -0.3 is 14.9 Å². The van der Waals surface area contributed by atoms with Gasteiger partial charge in [-0.05, 0) is 11.0 Å². The van der Waals surface area contributed by atoms with E-state index in [1.807, 2.05) is 0 Å². The van der Waals surface area contributed by atoms with Gasteiger partial charge in [0.15, 0.2) is 5.69 Å². The molecule has 19 heavy (non-hydrogen) atoms. The Balaban J connectivity index is 2.18. The average molecular weight is 266 g/mol. The molecule has 2 N–H and O–H groups in total. The molecule has 0 atom stereocenters. The molecular weight excluding hydrogens is 256 g/mol. The van der Waals surface area contributed by atoms with Gasteiger partial charge in [-0.15, -0.1) is 5.10 Å². The summed E-state index contributed by atoms with van der Waals surface area (Å²) in [5.74, 6) is -0.639. The van der Waals surface area contributed by atoms with E-state index in [9.17, 15) is 14.9 Å². The van der Waals surface area contributed by atoms with Gasteiger partial charge in [0.1, 0.15) is 0 Å². The van der Waals surface area contributed by atoms with E-state index in [2.05, 4.69) is 20.5 Å². The van der Waals surface area contributed by atoms with Crippen molar-refractivity contribution in [3.63, 3.8) is 0 Å². The number of aromatic amines is 1. The topological polar surface area (TPSA) is 128 Å². The van der Waals surface area contributed by atoms with Crippen molar-refractivity contribution in [2.75, 3.05) is 12.4 Å². The summed E-state index contributed by atoms with van der Waals surface area (Å²) in [5.41, 5.74) is 0.127. The molecule has 0 aliphatic carbocycles. The molecule has 2 heterocycles. The van der Waals surface area contributed by atoms with E-state index in [0.29, 0.717) is 0 Å². The highest BCUT2D eigenvalue weighted by atomic mass is 16.6. The number of anilines is 1. The largest absolute Gasteiger partial charge is 0.466 e. The van der Waals surface area contributed by atoms with Crippen LogP contribution in [0.3, 0.4) is 0 Å². The summed E-state index contributed by atoms with van der Waals surface area (Å²) in [6, 6.07) is 2.67. The summed E-state index contributed by atoms with van der Waals surface area (Å²) in [7, 11) is 2.81. The molecule has 0 radical (unpaired) electrons. The number of nitrogens with zero attached hydrogens (tertiary/aromatic N) is 4. The van der Waals surface area contributed by atoms with Crippen LogP contribution in [0.5, 0.6) is 6.01 Å². The normalized spacial score (nSPS) is 10.2. The van der Waals surface area contributed by atoms with Crippen LogP contribution in [-0.4, -0.2) is 37.7 Å². The maximum atomic E-state index is 11.9. The van der Waals surface area contributed by atoms with E-state index in [1.54, 1.807) is 0 Å². The van der Waals surface area contributed by atoms with Crippen molar-refractivity contribution < 1.29 is 14.5 Å². The third-order valence-electron chi connectivity index (χ3n) is 2.39. The lowest BCUT2D eigenvalue weighted by atomic mass is 10.4. The van der Waals surface area contributed by atoms with Gasteiger partial charge in [-0.1, -0.05) is 0 Å². The summed E-state index contributed by atoms with van der Waals surface area (Å²) < 4.78 is 5.91. The van der Waals surface area contributed by atoms with E-state index in [-0.39, 0.29) is 23.5 Å². The van der Waals surface area contributed by atoms with Crippen LogP contribution in [0.15, 0.2) is 12.1 Å². The minimum atomic E-state index is -0.575. The zero-order chi connectivity index (χ0) is 14.0. The van der Waals surface area contributed by atoms with Crippen LogP contribution in [0.2, 0.25) is 0 Å². The quantitative estimate of drug-likeness (QED) is 0.605. The summed E-state index contributed by atoms with van der Waals surface area (Å²) >= 11 is 0. The van der Waals surface area contributed by atoms with Gasteiger partial charge in [0.2, 0.25) is 5.95 Å². The molecule has 0 unspecified atom stereocenters. The maximum Gasteiger partial charge on any atom is 0.336 e. The Morgan fingerprint density at radius 3 is 2.84 bits per heavy atom. The number of aromatic nitrogens is 4. The Kier molecular flexibility index (Phi) is 3.14. The second-order valence-electron chi connectivity index (χ2n) is 3.52. The zero-order valence-electron chi connectivity index (χ0n) is 10.1. The van der Waals surface area contributed by atoms with Crippen LogP contribution in [0.1, 0.15) is 10.5 Å². The molecule has 0 saturated heterocycles. The molecule has 10 heteroatoms. The molecule has 0 saturated carbocycles. The molecule has 2 rings (SSSR count). The minimum Gasteiger partial charge on any atom is -0.466 e. The first-order valence-electron chi connectivity index (χ1n) is 5.10. The standard InChI is InChI=1S/C9H10N6O4/c1-14-5(3-4-6(14)15(17)18)7(16)10-8-11-9(19-2)13-12-8/h3-4H,1-2H3,(H2,10,11,12,13,16). The van der Waals surface area contributed by atoms with E-state index >= 15 is 0 Å². The van der Waals surface area contributed by atoms with E-state index in [4.69, 9.17) is 4.74 Å². The molecule has 0 aliphatic heterocycles. The van der Waals surface area contributed by atoms with Gasteiger partial charge in [-0.3, -0.25) is 10.1 Å². The van der Waals surface area contributed by atoms with Crippen LogP contribution in [0.4, 0.5) is 11.8 Å². The molecular formula is C9H10N6O4. The highest BCUT2D eigenvalue weighted by molar-refractivity contribution is 6.02. The molecule has 0 aliphatic rings. The molecule has 10 nitrogen and oxygen atoms in total. The first kappa shape index (κ1) is 12.5. The van der Waals surface area contributed by atoms with Crippen molar-refractivity contribution in [1.29, 1.82) is 0 Å². The molecule has 0 spiro atoms. The van der Waals surface area contributed by atoms with Gasteiger partial charge in [0.25, 0.3) is 5.91 Å². The van der Waals surface area contributed by atoms with E-state index in [0.717, 1.165) is 0 Å². The lowest BCUT2D eigenvalue weighted by Crippen LogP contribution is -2.17. The highest BCUT2D eigenvalue weighted by Gasteiger charge is 2.21. The van der Waals surface area contributed by atoms with Crippen LogP contribution in [0, 0.1) is 10.1 Å². The van der Waals surface area contributed by atoms with Crippen molar-refractivity contribution >= 4 is 17.7 Å². The Morgan fingerprint density at radius 2 is 2.32 bits per heavy atom. The molecule has 0 bridgehead atoms. The van der Waals surface area contributed by atoms with E-state index < -0.39 is 10.8 Å². The van der Waals surface area contributed by atoms with Crippen LogP contribution in [0.25, 0.3) is 0 Å². The lowest BCUT2D eigenvalue weighted by molar-refractivity contribution is -0.391. The van der Waals surface area contributed by atoms with Crippen molar-refractivity contribution in [3.8, 4) is 6.01 Å². The van der Waals surface area contributed by atoms with E-state index in [1.165, 1.54) is 30.9 Å². The summed E-state index contributed by atoms with van der Waals surface area (Å²) in [5, 5.41) is 19.2. The monoisotopic (exact) mass is 266 g/mol. The van der Waals surface area contributed by atoms with Crippen molar-refractivity contribution in [2.24, 2.45) is 7.05 Å². The van der Waals surface area contributed by atoms with Gasteiger partial charge in [0.05, 0.1) is 14.2 Å². The molecule has 1 amide bonds. The fourth-order valence-corrected chi connectivity index (χ4v) is 1.48. The van der Waals surface area contributed by atoms with Crippen LogP contribution in [-0.2, 0) is 7.05 Å². The number of nitro groups is 1. The smallest absolute Gasteiger partial charge is 0.336 e. The zero-order valence-corrected chi connectivity index (χ0v) is 10.1. The Hall–Kier alpha value is -2.91. The second kappa shape index (κ2) is 4.76. The average Bonchev–Trinajstić information content (AvgIpc) is 2.95. The number of nitrogens with one attached hydrogen (secondary N) is 2. The molecule has 0 aromatic carbocycles. The maximum absolute atomic E-state index is 11.9. The predicted octanol–water partition coefficient (Wildman–Crippen LogP) is 0.312. The molecule has 2 aromatic heterocycles. The molecule has 0 fully saturated rings. The number of carbonyl (C=O) groups excluding carboxylic acids is 1. The van der Waals surface area contributed by atoms with Gasteiger partial charge >= 0.3 is 11.8 Å². The Morgan fingerprint density at radius 1 is 1.58 bits per heavy atom. The summed E-state index contributed by atoms with van der Waals surface area (Å²) in [6.07, 6.45) is 0. The second-order valence-corrected chi connectivity index (χ2v) is 3.52. The lowest BCUT2D eigenvalue weighted by Gasteiger charge is -2.00. The van der Waals surface area contributed by atoms with Gasteiger partial charge in [-0.25, -0.2) is 9.67 Å². The third kappa shape index (κ3) is 2.36. The Labute approximate surface area is 106 Å². The number of H-pyrrole nitrogens is 1. The number of amides is 1. The number of methoxy groups -OCH3 is 1. The third-order valence-corrected chi connectivity index (χ3v) is 2.39. The minimum absolute atomic E-state index is 0.0770. The highest BCUT2D eigenvalue weighted by Crippen LogP contribution is 2.16. The number of rotatable bonds is 4. The van der Waals surface area contributed by atoms with Crippen LogP contribution < -0.4 is 10.1 Å². The van der Waals surface area contributed by atoms with Gasteiger partial charge in [-0.2, -0.15) is 4.98 Å². The molecule has 100 valence electrons. The van der Waals surface area contributed by atoms with Crippen LogP contribution >= 0.6 is 0 Å².